The van der Waals surface area contributed by atoms with Crippen molar-refractivity contribution in [3.8, 4) is 67.3 Å². The Morgan fingerprint density at radius 2 is 0.532 bits per heavy atom. The van der Waals surface area contributed by atoms with E-state index in [0.29, 0.717) is 0 Å². The van der Waals surface area contributed by atoms with E-state index in [1.54, 1.807) is 0 Å². The molecule has 0 amide bonds. The van der Waals surface area contributed by atoms with Crippen LogP contribution >= 0.6 is 0 Å². The molecular weight excluding hydrogens is 753 g/mol. The van der Waals surface area contributed by atoms with Gasteiger partial charge in [0.2, 0.25) is 0 Å². The Hall–Kier alpha value is -8.08. The molecule has 10 aromatic rings. The molecule has 0 bridgehead atoms. The van der Waals surface area contributed by atoms with E-state index in [9.17, 15) is 0 Å². The van der Waals surface area contributed by atoms with E-state index in [-0.39, 0.29) is 11.8 Å². The van der Waals surface area contributed by atoms with Crippen LogP contribution in [0.25, 0.3) is 67.3 Å². The Bertz CT molecular complexity index is 2690. The predicted molar refractivity (Wildman–Crippen MR) is 253 cm³/mol. The van der Waals surface area contributed by atoms with Crippen LogP contribution in [0.15, 0.2) is 243 Å². The molecule has 6 aromatic carbocycles. The lowest BCUT2D eigenvalue weighted by molar-refractivity contribution is 0.693. The van der Waals surface area contributed by atoms with Crippen LogP contribution in [0.2, 0.25) is 0 Å². The second-order valence-corrected chi connectivity index (χ2v) is 15.5. The molecule has 0 spiro atoms. The van der Waals surface area contributed by atoms with Gasteiger partial charge in [0.25, 0.3) is 0 Å². The number of benzene rings is 6. The van der Waals surface area contributed by atoms with Crippen LogP contribution in [0.4, 0.5) is 0 Å². The number of pyridine rings is 4. The van der Waals surface area contributed by atoms with Crippen LogP contribution in [-0.2, 0) is 0 Å². The van der Waals surface area contributed by atoms with E-state index < -0.39 is 0 Å². The smallest absolute Gasteiger partial charge is 0.0712 e. The molecule has 0 aliphatic rings. The van der Waals surface area contributed by atoms with Crippen LogP contribution in [0.5, 0.6) is 0 Å². The fourth-order valence-electron chi connectivity index (χ4n) is 8.48. The van der Waals surface area contributed by atoms with Crippen molar-refractivity contribution in [3.63, 3.8) is 0 Å². The maximum atomic E-state index is 5.34. The Morgan fingerprint density at radius 3 is 0.806 bits per heavy atom. The highest BCUT2D eigenvalue weighted by Gasteiger charge is 2.31. The molecule has 4 heterocycles. The topological polar surface area (TPSA) is 51.6 Å². The first-order valence-corrected chi connectivity index (χ1v) is 21.0. The fraction of sp³-hybridized carbons (Fsp3) is 0.0345. The van der Waals surface area contributed by atoms with Gasteiger partial charge in [0.1, 0.15) is 0 Å². The third-order valence-electron chi connectivity index (χ3n) is 11.6. The summed E-state index contributed by atoms with van der Waals surface area (Å²) in [5, 5.41) is 0. The summed E-state index contributed by atoms with van der Waals surface area (Å²) in [5.74, 6) is -0.325. The highest BCUT2D eigenvalue weighted by atomic mass is 14.7. The molecular formula is C58H42N4. The van der Waals surface area contributed by atoms with Gasteiger partial charge in [-0.25, -0.2) is 9.97 Å². The molecule has 0 aliphatic heterocycles. The van der Waals surface area contributed by atoms with Crippen molar-refractivity contribution in [3.05, 3.63) is 265 Å². The van der Waals surface area contributed by atoms with E-state index in [2.05, 4.69) is 216 Å². The molecule has 10 rings (SSSR count). The van der Waals surface area contributed by atoms with Crippen LogP contribution in [-0.4, -0.2) is 19.9 Å². The Kier molecular flexibility index (Phi) is 10.9. The molecule has 0 saturated heterocycles. The Morgan fingerprint density at radius 1 is 0.242 bits per heavy atom. The lowest BCUT2D eigenvalue weighted by atomic mass is 9.72. The van der Waals surface area contributed by atoms with Gasteiger partial charge in [0.15, 0.2) is 0 Å². The molecule has 0 fully saturated rings. The van der Waals surface area contributed by atoms with Crippen LogP contribution in [0, 0.1) is 0 Å². The number of nitrogens with zero attached hydrogens (tertiary/aromatic N) is 4. The summed E-state index contributed by atoms with van der Waals surface area (Å²) in [6, 6.07) is 77.6. The first kappa shape index (κ1) is 38.1. The molecule has 2 unspecified atom stereocenters. The molecule has 294 valence electrons. The summed E-state index contributed by atoms with van der Waals surface area (Å²) in [6.07, 6.45) is 7.48. The Labute approximate surface area is 363 Å². The normalized spacial score (nSPS) is 12.1. The molecule has 4 aromatic heterocycles. The first-order chi connectivity index (χ1) is 30.7. The van der Waals surface area contributed by atoms with E-state index in [0.717, 1.165) is 78.4 Å². The third kappa shape index (κ3) is 8.23. The molecule has 4 heteroatoms. The summed E-state index contributed by atoms with van der Waals surface area (Å²) in [4.78, 5) is 19.5. The Balaban J connectivity index is 1.26. The van der Waals surface area contributed by atoms with Crippen molar-refractivity contribution >= 4 is 0 Å². The SMILES string of the molecule is c1ccc(-c2cc(C(c3ccc(-c4cccnc4)cc3)C(c3ccc(-c4cccnc4)cc3)c3cc(-c4ccccc4)nc(-c4ccccc4)c3)cc(-c3ccccc3)n2)cc1. The highest BCUT2D eigenvalue weighted by Crippen LogP contribution is 2.46. The number of hydrogen-bond donors (Lipinski definition) is 0. The minimum atomic E-state index is -0.162. The van der Waals surface area contributed by atoms with Crippen molar-refractivity contribution in [1.29, 1.82) is 0 Å². The fourth-order valence-corrected chi connectivity index (χ4v) is 8.48. The summed E-state index contributed by atoms with van der Waals surface area (Å²) in [7, 11) is 0. The second-order valence-electron chi connectivity index (χ2n) is 15.5. The van der Waals surface area contributed by atoms with Crippen molar-refractivity contribution in [2.24, 2.45) is 0 Å². The van der Waals surface area contributed by atoms with Crippen LogP contribution in [0.1, 0.15) is 34.1 Å². The van der Waals surface area contributed by atoms with Gasteiger partial charge in [-0.15, -0.1) is 0 Å². The van der Waals surface area contributed by atoms with E-state index in [1.807, 2.05) is 36.9 Å². The van der Waals surface area contributed by atoms with Gasteiger partial charge in [-0.1, -0.05) is 182 Å². The van der Waals surface area contributed by atoms with Gasteiger partial charge in [0.05, 0.1) is 22.8 Å². The van der Waals surface area contributed by atoms with Gasteiger partial charge in [0, 0.05) is 58.9 Å². The first-order valence-electron chi connectivity index (χ1n) is 21.0. The molecule has 0 radical (unpaired) electrons. The van der Waals surface area contributed by atoms with Gasteiger partial charge >= 0.3 is 0 Å². The van der Waals surface area contributed by atoms with Gasteiger partial charge in [-0.3, -0.25) is 9.97 Å². The van der Waals surface area contributed by atoms with Crippen molar-refractivity contribution < 1.29 is 0 Å². The van der Waals surface area contributed by atoms with Gasteiger partial charge < -0.3 is 0 Å². The lowest BCUT2D eigenvalue weighted by Gasteiger charge is -2.31. The van der Waals surface area contributed by atoms with Crippen molar-refractivity contribution in [2.45, 2.75) is 11.8 Å². The predicted octanol–water partition coefficient (Wildman–Crippen LogP) is 14.2. The van der Waals surface area contributed by atoms with Crippen LogP contribution < -0.4 is 0 Å². The average Bonchev–Trinajstić information content (AvgIpc) is 3.37. The minimum absolute atomic E-state index is 0.162. The van der Waals surface area contributed by atoms with E-state index in [1.165, 1.54) is 11.1 Å². The van der Waals surface area contributed by atoms with Gasteiger partial charge in [-0.05, 0) is 80.9 Å². The van der Waals surface area contributed by atoms with Crippen molar-refractivity contribution in [1.82, 2.24) is 19.9 Å². The lowest BCUT2D eigenvalue weighted by Crippen LogP contribution is -2.16. The second kappa shape index (κ2) is 17.6. The largest absolute Gasteiger partial charge is 0.264 e. The molecule has 0 N–H and O–H groups in total. The standard InChI is InChI=1S/C58H42N4/c1-5-15-43(16-6-1)53-35-51(36-54(61-53)44-17-7-2-8-18-44)57(47-29-25-41(26-30-47)49-23-13-33-59-39-49)58(48-31-27-42(28-32-48)50-24-14-34-60-40-50)52-37-55(45-19-9-3-10-20-45)62-56(38-52)46-21-11-4-12-22-46/h1-40,57-58H. The van der Waals surface area contributed by atoms with Gasteiger partial charge in [-0.2, -0.15) is 0 Å². The summed E-state index contributed by atoms with van der Waals surface area (Å²) < 4.78 is 0. The zero-order valence-corrected chi connectivity index (χ0v) is 34.0. The molecule has 2 atom stereocenters. The molecule has 0 saturated carbocycles. The summed E-state index contributed by atoms with van der Waals surface area (Å²) >= 11 is 0. The highest BCUT2D eigenvalue weighted by molar-refractivity contribution is 5.72. The quantitative estimate of drug-likeness (QED) is 0.131. The molecule has 62 heavy (non-hydrogen) atoms. The number of aromatic nitrogens is 4. The average molecular weight is 795 g/mol. The zero-order valence-electron chi connectivity index (χ0n) is 34.0. The number of rotatable bonds is 11. The zero-order chi connectivity index (χ0) is 41.5. The van der Waals surface area contributed by atoms with Crippen molar-refractivity contribution in [2.75, 3.05) is 0 Å². The van der Waals surface area contributed by atoms with Crippen LogP contribution in [0.3, 0.4) is 0 Å². The molecule has 4 nitrogen and oxygen atoms in total. The third-order valence-corrected chi connectivity index (χ3v) is 11.6. The van der Waals surface area contributed by atoms with E-state index in [4.69, 9.17) is 9.97 Å². The maximum Gasteiger partial charge on any atom is 0.0712 e. The summed E-state index contributed by atoms with van der Waals surface area (Å²) in [6.45, 7) is 0. The summed E-state index contributed by atoms with van der Waals surface area (Å²) in [5.41, 5.74) is 17.0. The minimum Gasteiger partial charge on any atom is -0.264 e. The maximum absolute atomic E-state index is 5.34. The van der Waals surface area contributed by atoms with E-state index >= 15 is 0 Å². The molecule has 0 aliphatic carbocycles. The number of hydrogen-bond acceptors (Lipinski definition) is 4. The monoisotopic (exact) mass is 794 g/mol.